The molecule has 6 heteroatoms. The van der Waals surface area contributed by atoms with E-state index in [-0.39, 0.29) is 5.82 Å². The van der Waals surface area contributed by atoms with Crippen LogP contribution in [0.1, 0.15) is 22.6 Å². The van der Waals surface area contributed by atoms with E-state index >= 15 is 0 Å². The van der Waals surface area contributed by atoms with Gasteiger partial charge < -0.3 is 4.42 Å². The first-order valence-corrected chi connectivity index (χ1v) is 6.47. The van der Waals surface area contributed by atoms with Crippen LogP contribution in [-0.2, 0) is 6.54 Å². The van der Waals surface area contributed by atoms with Gasteiger partial charge in [0.15, 0.2) is 0 Å². The molecule has 0 aliphatic heterocycles. The van der Waals surface area contributed by atoms with E-state index in [4.69, 9.17) is 9.68 Å². The summed E-state index contributed by atoms with van der Waals surface area (Å²) in [5.41, 5.74) is 4.04. The quantitative estimate of drug-likeness (QED) is 0.735. The van der Waals surface area contributed by atoms with Gasteiger partial charge in [0.05, 0.1) is 6.54 Å². The minimum absolute atomic E-state index is 0.146. The molecule has 0 saturated carbocycles. The van der Waals surface area contributed by atoms with E-state index in [0.29, 0.717) is 12.4 Å². The molecule has 6 nitrogen and oxygen atoms in total. The Balaban J connectivity index is 1.84. The molecule has 0 aliphatic carbocycles. The van der Waals surface area contributed by atoms with Crippen LogP contribution in [0.25, 0.3) is 11.5 Å². The van der Waals surface area contributed by atoms with Crippen molar-refractivity contribution in [2.24, 2.45) is 0 Å². The number of hydrogen-bond donors (Lipinski definition) is 0. The molecule has 3 rings (SSSR count). The third-order valence-corrected chi connectivity index (χ3v) is 3.12. The summed E-state index contributed by atoms with van der Waals surface area (Å²) in [7, 11) is 0. The highest BCUT2D eigenvalue weighted by molar-refractivity contribution is 5.59. The fourth-order valence-electron chi connectivity index (χ4n) is 2.14. The number of nitriles is 1. The molecule has 0 spiro atoms. The molecule has 1 aromatic carbocycles. The normalized spacial score (nSPS) is 10.5. The van der Waals surface area contributed by atoms with Crippen LogP contribution in [0.3, 0.4) is 0 Å². The van der Waals surface area contributed by atoms with Gasteiger partial charge in [0, 0.05) is 5.56 Å². The van der Waals surface area contributed by atoms with E-state index in [1.54, 1.807) is 10.9 Å². The van der Waals surface area contributed by atoms with Crippen LogP contribution in [0, 0.1) is 25.2 Å². The van der Waals surface area contributed by atoms with Gasteiger partial charge in [0.25, 0.3) is 5.82 Å². The highest BCUT2D eigenvalue weighted by Gasteiger charge is 2.10. The maximum Gasteiger partial charge on any atom is 0.252 e. The Kier molecular flexibility index (Phi) is 3.24. The molecular formula is C15H13N5O. The molecule has 0 atom stereocenters. The number of oxazole rings is 1. The Labute approximate surface area is 121 Å². The Morgan fingerprint density at radius 3 is 2.90 bits per heavy atom. The second-order valence-corrected chi connectivity index (χ2v) is 4.84. The number of hydrogen-bond acceptors (Lipinski definition) is 5. The standard InChI is InChI=1S/C15H13N5O/c1-10-3-4-13(11(2)5-10)15-18-12(8-21-15)7-20-9-17-14(6-16)19-20/h3-5,8-9H,7H2,1-2H3. The zero-order valence-electron chi connectivity index (χ0n) is 11.7. The maximum atomic E-state index is 8.70. The van der Waals surface area contributed by atoms with Crippen LogP contribution in [-0.4, -0.2) is 19.7 Å². The van der Waals surface area contributed by atoms with Gasteiger partial charge in [-0.1, -0.05) is 17.7 Å². The Morgan fingerprint density at radius 1 is 1.33 bits per heavy atom. The zero-order chi connectivity index (χ0) is 14.8. The van der Waals surface area contributed by atoms with Crippen LogP contribution in [0.5, 0.6) is 0 Å². The average molecular weight is 279 g/mol. The molecular weight excluding hydrogens is 266 g/mol. The molecule has 0 N–H and O–H groups in total. The minimum Gasteiger partial charge on any atom is -0.444 e. The Hall–Kier alpha value is -2.94. The molecule has 0 radical (unpaired) electrons. The first-order chi connectivity index (χ1) is 10.2. The second kappa shape index (κ2) is 5.21. The SMILES string of the molecule is Cc1ccc(-c2nc(Cn3cnc(C#N)n3)co2)c(C)c1. The van der Waals surface area contributed by atoms with Gasteiger partial charge in [-0.05, 0) is 25.5 Å². The molecule has 2 aromatic heterocycles. The van der Waals surface area contributed by atoms with Crippen LogP contribution in [0.15, 0.2) is 35.2 Å². The summed E-state index contributed by atoms with van der Waals surface area (Å²) in [6.45, 7) is 4.50. The number of nitrogens with zero attached hydrogens (tertiary/aromatic N) is 5. The van der Waals surface area contributed by atoms with E-state index in [1.807, 2.05) is 25.1 Å². The van der Waals surface area contributed by atoms with Crippen molar-refractivity contribution in [2.75, 3.05) is 0 Å². The van der Waals surface area contributed by atoms with Gasteiger partial charge >= 0.3 is 0 Å². The molecule has 3 aromatic rings. The largest absolute Gasteiger partial charge is 0.444 e. The van der Waals surface area contributed by atoms with E-state index < -0.39 is 0 Å². The van der Waals surface area contributed by atoms with Crippen molar-refractivity contribution < 1.29 is 4.42 Å². The van der Waals surface area contributed by atoms with Gasteiger partial charge in [-0.3, -0.25) is 0 Å². The van der Waals surface area contributed by atoms with Crippen molar-refractivity contribution >= 4 is 0 Å². The van der Waals surface area contributed by atoms with Crippen molar-refractivity contribution in [1.82, 2.24) is 19.7 Å². The Bertz CT molecular complexity index is 825. The van der Waals surface area contributed by atoms with Crippen LogP contribution >= 0.6 is 0 Å². The molecule has 21 heavy (non-hydrogen) atoms. The summed E-state index contributed by atoms with van der Waals surface area (Å²) in [5.74, 6) is 0.733. The smallest absolute Gasteiger partial charge is 0.252 e. The lowest BCUT2D eigenvalue weighted by atomic mass is 10.1. The lowest BCUT2D eigenvalue weighted by Gasteiger charge is -2.02. The maximum absolute atomic E-state index is 8.70. The number of benzene rings is 1. The predicted octanol–water partition coefficient (Wildman–Crippen LogP) is 2.47. The topological polar surface area (TPSA) is 80.5 Å². The fraction of sp³-hybridized carbons (Fsp3) is 0.200. The van der Waals surface area contributed by atoms with Crippen molar-refractivity contribution in [1.29, 1.82) is 5.26 Å². The summed E-state index contributed by atoms with van der Waals surface area (Å²) in [6, 6.07) is 8.02. The second-order valence-electron chi connectivity index (χ2n) is 4.84. The first kappa shape index (κ1) is 13.1. The first-order valence-electron chi connectivity index (χ1n) is 6.47. The Morgan fingerprint density at radius 2 is 2.19 bits per heavy atom. The van der Waals surface area contributed by atoms with Crippen LogP contribution < -0.4 is 0 Å². The summed E-state index contributed by atoms with van der Waals surface area (Å²) < 4.78 is 7.10. The van der Waals surface area contributed by atoms with Crippen LogP contribution in [0.4, 0.5) is 0 Å². The molecule has 0 amide bonds. The molecule has 0 saturated heterocycles. The lowest BCUT2D eigenvalue weighted by molar-refractivity contribution is 0.569. The molecule has 104 valence electrons. The van der Waals surface area contributed by atoms with E-state index in [0.717, 1.165) is 16.8 Å². The summed E-state index contributed by atoms with van der Waals surface area (Å²) in [4.78, 5) is 8.32. The third-order valence-electron chi connectivity index (χ3n) is 3.12. The molecule has 0 unspecified atom stereocenters. The zero-order valence-corrected chi connectivity index (χ0v) is 11.7. The monoisotopic (exact) mass is 279 g/mol. The predicted molar refractivity (Wildman–Crippen MR) is 75.3 cm³/mol. The summed E-state index contributed by atoms with van der Waals surface area (Å²) >= 11 is 0. The minimum atomic E-state index is 0.146. The molecule has 2 heterocycles. The lowest BCUT2D eigenvalue weighted by Crippen LogP contribution is -2.00. The number of aryl methyl sites for hydroxylation is 2. The third kappa shape index (κ3) is 2.67. The van der Waals surface area contributed by atoms with Crippen LogP contribution in [0.2, 0.25) is 0 Å². The van der Waals surface area contributed by atoms with Crippen molar-refractivity contribution in [3.05, 3.63) is 53.4 Å². The average Bonchev–Trinajstić information content (AvgIpc) is 3.08. The van der Waals surface area contributed by atoms with Crippen molar-refractivity contribution in [3.8, 4) is 17.5 Å². The van der Waals surface area contributed by atoms with Gasteiger partial charge in [-0.2, -0.15) is 5.26 Å². The molecule has 0 fully saturated rings. The van der Waals surface area contributed by atoms with Crippen molar-refractivity contribution in [3.63, 3.8) is 0 Å². The van der Waals surface area contributed by atoms with Gasteiger partial charge in [-0.15, -0.1) is 5.10 Å². The fourth-order valence-corrected chi connectivity index (χ4v) is 2.14. The van der Waals surface area contributed by atoms with E-state index in [9.17, 15) is 0 Å². The van der Waals surface area contributed by atoms with Gasteiger partial charge in [0.1, 0.15) is 24.4 Å². The van der Waals surface area contributed by atoms with E-state index in [2.05, 4.69) is 28.1 Å². The molecule has 0 aliphatic rings. The van der Waals surface area contributed by atoms with Crippen molar-refractivity contribution in [2.45, 2.75) is 20.4 Å². The highest BCUT2D eigenvalue weighted by Crippen LogP contribution is 2.23. The highest BCUT2D eigenvalue weighted by atomic mass is 16.3. The molecule has 0 bridgehead atoms. The van der Waals surface area contributed by atoms with Gasteiger partial charge in [-0.25, -0.2) is 14.6 Å². The van der Waals surface area contributed by atoms with E-state index in [1.165, 1.54) is 11.9 Å². The summed E-state index contributed by atoms with van der Waals surface area (Å²) in [6.07, 6.45) is 3.10. The number of rotatable bonds is 3. The number of aromatic nitrogens is 4. The van der Waals surface area contributed by atoms with Gasteiger partial charge in [0.2, 0.25) is 5.89 Å². The summed E-state index contributed by atoms with van der Waals surface area (Å²) in [5, 5.41) is 12.7.